The molecule has 1 aromatic heterocycles. The summed E-state index contributed by atoms with van der Waals surface area (Å²) in [5.41, 5.74) is 3.40. The fourth-order valence-electron chi connectivity index (χ4n) is 2.88. The topological polar surface area (TPSA) is 98.3 Å². The Labute approximate surface area is 170 Å². The van der Waals surface area contributed by atoms with Crippen molar-refractivity contribution in [1.82, 2.24) is 4.98 Å². The van der Waals surface area contributed by atoms with Gasteiger partial charge in [-0.2, -0.15) is 0 Å². The second kappa shape index (κ2) is 7.37. The second-order valence-electron chi connectivity index (χ2n) is 6.45. The van der Waals surface area contributed by atoms with Crippen molar-refractivity contribution in [2.75, 3.05) is 5.32 Å². The molecule has 0 aliphatic carbocycles. The van der Waals surface area contributed by atoms with Gasteiger partial charge in [-0.05, 0) is 48.9 Å². The molecule has 0 fully saturated rings. The first-order valence-electron chi connectivity index (χ1n) is 8.63. The molecule has 1 heterocycles. The number of amides is 1. The third kappa shape index (κ3) is 3.81. The molecular formula is C21H14ClN3O4. The van der Waals surface area contributed by atoms with Crippen LogP contribution in [-0.2, 0) is 0 Å². The summed E-state index contributed by atoms with van der Waals surface area (Å²) in [4.78, 5) is 27.3. The summed E-state index contributed by atoms with van der Waals surface area (Å²) >= 11 is 6.31. The Bertz CT molecular complexity index is 1270. The molecule has 0 radical (unpaired) electrons. The number of carbonyl (C=O) groups excluding carboxylic acids is 1. The predicted octanol–water partition coefficient (Wildman–Crippen LogP) is 5.62. The molecule has 144 valence electrons. The molecule has 0 unspecified atom stereocenters. The van der Waals surface area contributed by atoms with Gasteiger partial charge < -0.3 is 9.73 Å². The fourth-order valence-corrected chi connectivity index (χ4v) is 3.08. The molecule has 0 bridgehead atoms. The maximum absolute atomic E-state index is 12.5. The Morgan fingerprint density at radius 1 is 1.14 bits per heavy atom. The summed E-state index contributed by atoms with van der Waals surface area (Å²) < 4.78 is 5.79. The van der Waals surface area contributed by atoms with Crippen LogP contribution in [0.4, 0.5) is 11.4 Å². The lowest BCUT2D eigenvalue weighted by Crippen LogP contribution is -2.12. The molecule has 0 saturated heterocycles. The molecule has 0 aliphatic heterocycles. The number of nitro groups is 1. The van der Waals surface area contributed by atoms with E-state index in [1.165, 1.54) is 24.3 Å². The van der Waals surface area contributed by atoms with Gasteiger partial charge in [0.15, 0.2) is 5.58 Å². The monoisotopic (exact) mass is 407 g/mol. The lowest BCUT2D eigenvalue weighted by Gasteiger charge is -2.07. The van der Waals surface area contributed by atoms with Gasteiger partial charge in [0.1, 0.15) is 5.52 Å². The van der Waals surface area contributed by atoms with E-state index in [4.69, 9.17) is 16.0 Å². The van der Waals surface area contributed by atoms with Crippen LogP contribution in [0.25, 0.3) is 22.6 Å². The summed E-state index contributed by atoms with van der Waals surface area (Å²) in [6.45, 7) is 1.96. The Balaban J connectivity index is 1.65. The van der Waals surface area contributed by atoms with Gasteiger partial charge in [0, 0.05) is 23.4 Å². The fraction of sp³-hybridized carbons (Fsp3) is 0.0476. The van der Waals surface area contributed by atoms with Gasteiger partial charge in [0.05, 0.1) is 15.5 Å². The van der Waals surface area contributed by atoms with E-state index in [0.29, 0.717) is 33.3 Å². The molecule has 8 heteroatoms. The van der Waals surface area contributed by atoms with Crippen molar-refractivity contribution in [2.24, 2.45) is 0 Å². The first-order valence-corrected chi connectivity index (χ1v) is 9.01. The number of non-ortho nitro benzene ring substituents is 1. The van der Waals surface area contributed by atoms with Crippen molar-refractivity contribution >= 4 is 40.0 Å². The van der Waals surface area contributed by atoms with Gasteiger partial charge in [-0.15, -0.1) is 0 Å². The molecule has 0 spiro atoms. The Hall–Kier alpha value is -3.71. The first-order chi connectivity index (χ1) is 13.9. The standard InChI is InChI=1S/C21H14ClN3O4/c1-12-5-8-19-18(9-12)24-21(29-19)16-11-14(6-7-17(16)22)23-20(26)13-3-2-4-15(10-13)25(27)28/h2-11H,1H3,(H,23,26). The number of nitro benzene ring substituents is 1. The number of oxazole rings is 1. The van der Waals surface area contributed by atoms with Crippen molar-refractivity contribution < 1.29 is 14.1 Å². The molecule has 7 nitrogen and oxygen atoms in total. The van der Waals surface area contributed by atoms with Crippen LogP contribution in [0.15, 0.2) is 65.1 Å². The zero-order valence-electron chi connectivity index (χ0n) is 15.2. The molecule has 4 rings (SSSR count). The molecule has 4 aromatic rings. The smallest absolute Gasteiger partial charge is 0.270 e. The van der Waals surface area contributed by atoms with E-state index in [1.807, 2.05) is 25.1 Å². The Kier molecular flexibility index (Phi) is 4.74. The van der Waals surface area contributed by atoms with Crippen LogP contribution >= 0.6 is 11.6 Å². The van der Waals surface area contributed by atoms with E-state index in [1.54, 1.807) is 18.2 Å². The van der Waals surface area contributed by atoms with Gasteiger partial charge >= 0.3 is 0 Å². The quantitative estimate of drug-likeness (QED) is 0.350. The van der Waals surface area contributed by atoms with E-state index in [2.05, 4.69) is 10.3 Å². The summed E-state index contributed by atoms with van der Waals surface area (Å²) in [6, 6.07) is 16.1. The lowest BCUT2D eigenvalue weighted by atomic mass is 10.1. The number of aromatic nitrogens is 1. The molecule has 1 N–H and O–H groups in total. The maximum Gasteiger partial charge on any atom is 0.270 e. The highest BCUT2D eigenvalue weighted by Crippen LogP contribution is 2.32. The highest BCUT2D eigenvalue weighted by atomic mass is 35.5. The number of rotatable bonds is 4. The van der Waals surface area contributed by atoms with Crippen molar-refractivity contribution in [2.45, 2.75) is 6.92 Å². The summed E-state index contributed by atoms with van der Waals surface area (Å²) in [6.07, 6.45) is 0. The van der Waals surface area contributed by atoms with E-state index < -0.39 is 10.8 Å². The number of nitrogens with one attached hydrogen (secondary N) is 1. The number of halogens is 1. The van der Waals surface area contributed by atoms with E-state index >= 15 is 0 Å². The van der Waals surface area contributed by atoms with Crippen molar-refractivity contribution in [1.29, 1.82) is 0 Å². The number of hydrogen-bond donors (Lipinski definition) is 1. The van der Waals surface area contributed by atoms with Crippen LogP contribution in [0.5, 0.6) is 0 Å². The van der Waals surface area contributed by atoms with Crippen molar-refractivity contribution in [3.63, 3.8) is 0 Å². The minimum absolute atomic E-state index is 0.156. The largest absolute Gasteiger partial charge is 0.436 e. The molecule has 1 amide bonds. The lowest BCUT2D eigenvalue weighted by molar-refractivity contribution is -0.384. The minimum atomic E-state index is -0.549. The Morgan fingerprint density at radius 2 is 1.97 bits per heavy atom. The summed E-state index contributed by atoms with van der Waals surface area (Å²) in [5.74, 6) is -0.141. The van der Waals surface area contributed by atoms with Crippen molar-refractivity contribution in [3.05, 3.63) is 86.9 Å². The summed E-state index contributed by atoms with van der Waals surface area (Å²) in [5, 5.41) is 14.0. The first kappa shape index (κ1) is 18.6. The van der Waals surface area contributed by atoms with Crippen LogP contribution in [-0.4, -0.2) is 15.8 Å². The molecule has 29 heavy (non-hydrogen) atoms. The number of nitrogens with zero attached hydrogens (tertiary/aromatic N) is 2. The van der Waals surface area contributed by atoms with Crippen LogP contribution in [0.2, 0.25) is 5.02 Å². The van der Waals surface area contributed by atoms with Gasteiger partial charge in [0.25, 0.3) is 11.6 Å². The number of aryl methyl sites for hydroxylation is 1. The van der Waals surface area contributed by atoms with E-state index in [0.717, 1.165) is 5.56 Å². The third-order valence-corrected chi connectivity index (χ3v) is 4.65. The van der Waals surface area contributed by atoms with E-state index in [-0.39, 0.29) is 11.3 Å². The highest BCUT2D eigenvalue weighted by Gasteiger charge is 2.15. The van der Waals surface area contributed by atoms with Crippen LogP contribution in [0.1, 0.15) is 15.9 Å². The number of carbonyl (C=O) groups is 1. The Morgan fingerprint density at radius 3 is 2.76 bits per heavy atom. The average molecular weight is 408 g/mol. The summed E-state index contributed by atoms with van der Waals surface area (Å²) in [7, 11) is 0. The SMILES string of the molecule is Cc1ccc2oc(-c3cc(NC(=O)c4cccc([N+](=O)[O-])c4)ccc3Cl)nc2c1. The third-order valence-electron chi connectivity index (χ3n) is 4.32. The maximum atomic E-state index is 12.5. The zero-order chi connectivity index (χ0) is 20.5. The molecule has 3 aromatic carbocycles. The average Bonchev–Trinajstić information content (AvgIpc) is 3.12. The van der Waals surface area contributed by atoms with Crippen LogP contribution in [0.3, 0.4) is 0 Å². The number of fused-ring (bicyclic) bond motifs is 1. The zero-order valence-corrected chi connectivity index (χ0v) is 15.9. The number of benzene rings is 3. The highest BCUT2D eigenvalue weighted by molar-refractivity contribution is 6.33. The van der Waals surface area contributed by atoms with E-state index in [9.17, 15) is 14.9 Å². The molecular weight excluding hydrogens is 394 g/mol. The van der Waals surface area contributed by atoms with Gasteiger partial charge in [0.2, 0.25) is 5.89 Å². The van der Waals surface area contributed by atoms with Gasteiger partial charge in [-0.1, -0.05) is 23.7 Å². The molecule has 0 aliphatic rings. The molecule has 0 saturated carbocycles. The number of anilines is 1. The van der Waals surface area contributed by atoms with Crippen LogP contribution in [0, 0.1) is 17.0 Å². The van der Waals surface area contributed by atoms with Gasteiger partial charge in [-0.3, -0.25) is 14.9 Å². The van der Waals surface area contributed by atoms with Crippen LogP contribution < -0.4 is 5.32 Å². The normalized spacial score (nSPS) is 10.8. The predicted molar refractivity (Wildman–Crippen MR) is 110 cm³/mol. The number of hydrogen-bond acceptors (Lipinski definition) is 5. The molecule has 0 atom stereocenters. The second-order valence-corrected chi connectivity index (χ2v) is 6.85. The minimum Gasteiger partial charge on any atom is -0.436 e. The van der Waals surface area contributed by atoms with Gasteiger partial charge in [-0.25, -0.2) is 4.98 Å². The van der Waals surface area contributed by atoms with Crippen molar-refractivity contribution in [3.8, 4) is 11.5 Å².